The first-order valence-electron chi connectivity index (χ1n) is 8.63. The molecule has 0 aliphatic carbocycles. The topological polar surface area (TPSA) is 55.1 Å². The van der Waals surface area contributed by atoms with E-state index >= 15 is 0 Å². The van der Waals surface area contributed by atoms with Gasteiger partial charge in [-0.25, -0.2) is 4.98 Å². The van der Waals surface area contributed by atoms with Gasteiger partial charge in [0.05, 0.1) is 29.0 Å². The first kappa shape index (κ1) is 18.0. The molecule has 3 rings (SSSR count). The van der Waals surface area contributed by atoms with Crippen molar-refractivity contribution in [1.82, 2.24) is 4.98 Å². The Kier molecular flexibility index (Phi) is 5.88. The zero-order valence-corrected chi connectivity index (χ0v) is 15.7. The summed E-state index contributed by atoms with van der Waals surface area (Å²) in [6.45, 7) is 5.14. The molecule has 0 saturated carbocycles. The molecular formula is C21H20N2O2S. The van der Waals surface area contributed by atoms with E-state index in [1.807, 2.05) is 55.5 Å². The van der Waals surface area contributed by atoms with Crippen LogP contribution >= 0.6 is 11.3 Å². The van der Waals surface area contributed by atoms with E-state index in [9.17, 15) is 5.26 Å². The minimum Gasteiger partial charge on any atom is -0.490 e. The van der Waals surface area contributed by atoms with E-state index in [0.29, 0.717) is 35.3 Å². The second-order valence-electron chi connectivity index (χ2n) is 5.61. The van der Waals surface area contributed by atoms with Gasteiger partial charge in [-0.15, -0.1) is 11.3 Å². The Morgan fingerprint density at radius 1 is 1.15 bits per heavy atom. The van der Waals surface area contributed by atoms with Gasteiger partial charge in [0.15, 0.2) is 11.5 Å². The van der Waals surface area contributed by atoms with Crippen molar-refractivity contribution in [3.8, 4) is 17.6 Å². The van der Waals surface area contributed by atoms with Crippen molar-refractivity contribution < 1.29 is 9.47 Å². The van der Waals surface area contributed by atoms with E-state index in [-0.39, 0.29) is 0 Å². The fourth-order valence-corrected chi connectivity index (χ4v) is 3.49. The Labute approximate surface area is 157 Å². The van der Waals surface area contributed by atoms with Gasteiger partial charge >= 0.3 is 0 Å². The molecule has 5 heteroatoms. The van der Waals surface area contributed by atoms with Gasteiger partial charge < -0.3 is 9.47 Å². The van der Waals surface area contributed by atoms with Crippen LogP contribution in [-0.4, -0.2) is 18.2 Å². The second kappa shape index (κ2) is 8.50. The third-order valence-corrected chi connectivity index (χ3v) is 4.77. The van der Waals surface area contributed by atoms with Gasteiger partial charge in [-0.1, -0.05) is 31.2 Å². The summed E-state index contributed by atoms with van der Waals surface area (Å²) < 4.78 is 12.7. The minimum absolute atomic E-state index is 0.515. The van der Waals surface area contributed by atoms with Gasteiger partial charge in [0.25, 0.3) is 0 Å². The van der Waals surface area contributed by atoms with E-state index in [4.69, 9.17) is 9.47 Å². The number of ether oxygens (including phenoxy) is 2. The minimum atomic E-state index is 0.515. The zero-order valence-electron chi connectivity index (χ0n) is 14.9. The highest BCUT2D eigenvalue weighted by Gasteiger charge is 2.13. The molecule has 2 aromatic carbocycles. The molecule has 0 aliphatic rings. The van der Waals surface area contributed by atoms with Crippen LogP contribution in [0.15, 0.2) is 42.5 Å². The Morgan fingerprint density at radius 2 is 2.00 bits per heavy atom. The molecule has 0 atom stereocenters. The SMILES string of the molecule is CCCOc1c(/C=C(\C#N)c2nc3ccccc3s2)cccc1OCC. The number of hydrogen-bond acceptors (Lipinski definition) is 5. The van der Waals surface area contributed by atoms with Crippen LogP contribution in [0.4, 0.5) is 0 Å². The summed E-state index contributed by atoms with van der Waals surface area (Å²) in [5.74, 6) is 1.36. The molecule has 3 aromatic rings. The van der Waals surface area contributed by atoms with Crippen LogP contribution in [-0.2, 0) is 0 Å². The summed E-state index contributed by atoms with van der Waals surface area (Å²) in [7, 11) is 0. The average molecular weight is 364 g/mol. The van der Waals surface area contributed by atoms with Crippen molar-refractivity contribution in [2.24, 2.45) is 0 Å². The summed E-state index contributed by atoms with van der Waals surface area (Å²) in [6, 6.07) is 15.9. The summed E-state index contributed by atoms with van der Waals surface area (Å²) in [6.07, 6.45) is 2.72. The molecule has 26 heavy (non-hydrogen) atoms. The van der Waals surface area contributed by atoms with E-state index in [0.717, 1.165) is 22.2 Å². The molecule has 0 fully saturated rings. The summed E-state index contributed by atoms with van der Waals surface area (Å²) in [5, 5.41) is 10.4. The smallest absolute Gasteiger partial charge is 0.168 e. The van der Waals surface area contributed by atoms with Crippen LogP contribution in [0.2, 0.25) is 0 Å². The van der Waals surface area contributed by atoms with Crippen LogP contribution in [0.25, 0.3) is 21.9 Å². The molecule has 0 N–H and O–H groups in total. The van der Waals surface area contributed by atoms with Crippen LogP contribution in [0.5, 0.6) is 11.5 Å². The lowest BCUT2D eigenvalue weighted by Gasteiger charge is -2.14. The van der Waals surface area contributed by atoms with Crippen molar-refractivity contribution in [3.05, 3.63) is 53.0 Å². The van der Waals surface area contributed by atoms with Gasteiger partial charge in [-0.05, 0) is 37.6 Å². The van der Waals surface area contributed by atoms with Gasteiger partial charge in [0.1, 0.15) is 11.1 Å². The summed E-state index contributed by atoms with van der Waals surface area (Å²) in [5.41, 5.74) is 2.24. The number of aromatic nitrogens is 1. The van der Waals surface area contributed by atoms with Crippen LogP contribution in [0.3, 0.4) is 0 Å². The molecule has 0 unspecified atom stereocenters. The average Bonchev–Trinajstić information content (AvgIpc) is 3.09. The molecule has 4 nitrogen and oxygen atoms in total. The van der Waals surface area contributed by atoms with E-state index in [1.165, 1.54) is 11.3 Å². The fraction of sp³-hybridized carbons (Fsp3) is 0.238. The van der Waals surface area contributed by atoms with Crippen molar-refractivity contribution in [1.29, 1.82) is 5.26 Å². The maximum Gasteiger partial charge on any atom is 0.168 e. The highest BCUT2D eigenvalue weighted by molar-refractivity contribution is 7.19. The monoisotopic (exact) mass is 364 g/mol. The normalized spacial score (nSPS) is 11.3. The van der Waals surface area contributed by atoms with Crippen molar-refractivity contribution in [3.63, 3.8) is 0 Å². The molecule has 132 valence electrons. The second-order valence-corrected chi connectivity index (χ2v) is 6.64. The number of allylic oxidation sites excluding steroid dienone is 1. The highest BCUT2D eigenvalue weighted by atomic mass is 32.1. The molecule has 0 bridgehead atoms. The van der Waals surface area contributed by atoms with Crippen LogP contribution < -0.4 is 9.47 Å². The quantitative estimate of drug-likeness (QED) is 0.516. The Balaban J connectivity index is 2.05. The van der Waals surface area contributed by atoms with Crippen LogP contribution in [0, 0.1) is 11.3 Å². The number of hydrogen-bond donors (Lipinski definition) is 0. The standard InChI is InChI=1S/C21H20N2O2S/c1-3-12-25-20-15(8-7-10-18(20)24-4-2)13-16(14-22)21-23-17-9-5-6-11-19(17)26-21/h5-11,13H,3-4,12H2,1-2H3/b16-13+. The zero-order chi connectivity index (χ0) is 18.4. The maximum absolute atomic E-state index is 9.68. The third-order valence-electron chi connectivity index (χ3n) is 3.70. The number of fused-ring (bicyclic) bond motifs is 1. The highest BCUT2D eigenvalue weighted by Crippen LogP contribution is 2.35. The first-order valence-corrected chi connectivity index (χ1v) is 9.44. The number of rotatable bonds is 7. The lowest BCUT2D eigenvalue weighted by atomic mass is 10.1. The molecular weight excluding hydrogens is 344 g/mol. The van der Waals surface area contributed by atoms with E-state index in [2.05, 4.69) is 18.0 Å². The maximum atomic E-state index is 9.68. The third kappa shape index (κ3) is 3.87. The van der Waals surface area contributed by atoms with Crippen molar-refractivity contribution in [2.75, 3.05) is 13.2 Å². The summed E-state index contributed by atoms with van der Waals surface area (Å²) in [4.78, 5) is 4.59. The van der Waals surface area contributed by atoms with Gasteiger partial charge in [0, 0.05) is 5.56 Å². The Hall–Kier alpha value is -2.84. The number of nitriles is 1. The van der Waals surface area contributed by atoms with Gasteiger partial charge in [-0.2, -0.15) is 5.26 Å². The van der Waals surface area contributed by atoms with Crippen molar-refractivity contribution in [2.45, 2.75) is 20.3 Å². The molecule has 0 aliphatic heterocycles. The first-order chi connectivity index (χ1) is 12.8. The van der Waals surface area contributed by atoms with Gasteiger partial charge in [-0.3, -0.25) is 0 Å². The largest absolute Gasteiger partial charge is 0.490 e. The van der Waals surface area contributed by atoms with Crippen molar-refractivity contribution >= 4 is 33.2 Å². The number of thiazole rings is 1. The fourth-order valence-electron chi connectivity index (χ4n) is 2.56. The van der Waals surface area contributed by atoms with E-state index in [1.54, 1.807) is 0 Å². The molecule has 0 radical (unpaired) electrons. The van der Waals surface area contributed by atoms with E-state index < -0.39 is 0 Å². The molecule has 0 amide bonds. The Bertz CT molecular complexity index is 937. The predicted octanol–water partition coefficient (Wildman–Crippen LogP) is 5.55. The Morgan fingerprint density at radius 3 is 2.73 bits per heavy atom. The lowest BCUT2D eigenvalue weighted by molar-refractivity contribution is 0.276. The van der Waals surface area contributed by atoms with Crippen LogP contribution in [0.1, 0.15) is 30.8 Å². The van der Waals surface area contributed by atoms with Gasteiger partial charge in [0.2, 0.25) is 0 Å². The number of nitrogens with zero attached hydrogens (tertiary/aromatic N) is 2. The number of para-hydroxylation sites is 2. The lowest BCUT2D eigenvalue weighted by Crippen LogP contribution is -2.01. The predicted molar refractivity (Wildman–Crippen MR) is 107 cm³/mol. The summed E-state index contributed by atoms with van der Waals surface area (Å²) >= 11 is 1.51. The molecule has 1 aromatic heterocycles. The molecule has 0 saturated heterocycles. The number of benzene rings is 2. The molecule has 1 heterocycles. The molecule has 0 spiro atoms.